The van der Waals surface area contributed by atoms with Crippen LogP contribution in [0.15, 0.2) is 72.3 Å². The summed E-state index contributed by atoms with van der Waals surface area (Å²) in [6.07, 6.45) is -0.0475. The van der Waals surface area contributed by atoms with Crippen LogP contribution < -0.4 is 14.4 Å². The fraction of sp³-hybridized carbons (Fsp3) is 0.241. The molecule has 3 aromatic carbocycles. The zero-order valence-corrected chi connectivity index (χ0v) is 20.5. The normalized spacial score (nSPS) is 17.2. The molecule has 1 aliphatic rings. The van der Waals surface area contributed by atoms with Gasteiger partial charge in [-0.15, -0.1) is 0 Å². The number of aliphatic hydroxyl groups excluding tert-OH is 1. The van der Waals surface area contributed by atoms with Gasteiger partial charge in [-0.2, -0.15) is 0 Å². The number of Topliss-reactive ketones (excluding diaryl/α,β-unsaturated/α-hetero) is 1. The first-order valence-electron chi connectivity index (χ1n) is 11.5. The first kappa shape index (κ1) is 24.1. The van der Waals surface area contributed by atoms with Gasteiger partial charge in [-0.25, -0.2) is 0 Å². The van der Waals surface area contributed by atoms with E-state index >= 15 is 0 Å². The molecule has 6 nitrogen and oxygen atoms in total. The van der Waals surface area contributed by atoms with Gasteiger partial charge in [-0.3, -0.25) is 14.5 Å². The highest BCUT2D eigenvalue weighted by molar-refractivity contribution is 6.51. The van der Waals surface area contributed by atoms with E-state index in [1.165, 1.54) is 4.90 Å². The van der Waals surface area contributed by atoms with Crippen molar-refractivity contribution in [2.24, 2.45) is 0 Å². The average Bonchev–Trinajstić information content (AvgIpc) is 3.10. The Kier molecular flexibility index (Phi) is 6.65. The predicted octanol–water partition coefficient (Wildman–Crippen LogP) is 5.73. The zero-order valence-electron chi connectivity index (χ0n) is 20.5. The van der Waals surface area contributed by atoms with Gasteiger partial charge in [0.25, 0.3) is 11.7 Å². The molecule has 1 unspecified atom stereocenters. The largest absolute Gasteiger partial charge is 0.507 e. The van der Waals surface area contributed by atoms with E-state index in [4.69, 9.17) is 9.47 Å². The summed E-state index contributed by atoms with van der Waals surface area (Å²) in [6.45, 7) is 7.76. The minimum atomic E-state index is -0.833. The summed E-state index contributed by atoms with van der Waals surface area (Å²) >= 11 is 0. The van der Waals surface area contributed by atoms with Crippen LogP contribution in [0.25, 0.3) is 5.76 Å². The molecule has 35 heavy (non-hydrogen) atoms. The van der Waals surface area contributed by atoms with Gasteiger partial charge in [0.1, 0.15) is 17.3 Å². The molecule has 3 aromatic rings. The van der Waals surface area contributed by atoms with Crippen molar-refractivity contribution >= 4 is 23.1 Å². The number of methoxy groups -OCH3 is 1. The summed E-state index contributed by atoms with van der Waals surface area (Å²) < 4.78 is 11.1. The monoisotopic (exact) mass is 471 g/mol. The topological polar surface area (TPSA) is 76.1 Å². The predicted molar refractivity (Wildman–Crippen MR) is 136 cm³/mol. The number of carbonyl (C=O) groups excluding carboxylic acids is 2. The SMILES string of the molecule is COc1ccc(N2C(=O)C(=O)/C(=C(\O)c3ccc(C)c(C)c3)C2c2cccc(OC(C)C)c2)cc1. The number of ketones is 1. The zero-order chi connectivity index (χ0) is 25.3. The molecule has 1 aliphatic heterocycles. The van der Waals surface area contributed by atoms with Gasteiger partial charge in [0.2, 0.25) is 0 Å². The Morgan fingerprint density at radius 1 is 0.914 bits per heavy atom. The molecule has 1 amide bonds. The van der Waals surface area contributed by atoms with Gasteiger partial charge in [-0.1, -0.05) is 24.3 Å². The van der Waals surface area contributed by atoms with E-state index in [2.05, 4.69) is 0 Å². The number of rotatable bonds is 6. The van der Waals surface area contributed by atoms with Crippen molar-refractivity contribution < 1.29 is 24.2 Å². The van der Waals surface area contributed by atoms with Gasteiger partial charge in [0.05, 0.1) is 24.8 Å². The van der Waals surface area contributed by atoms with Crippen LogP contribution in [0, 0.1) is 13.8 Å². The van der Waals surface area contributed by atoms with Crippen LogP contribution in [0.1, 0.15) is 42.1 Å². The molecule has 4 rings (SSSR count). The fourth-order valence-electron chi connectivity index (χ4n) is 4.23. The number of aryl methyl sites for hydroxylation is 2. The number of hydrogen-bond donors (Lipinski definition) is 1. The van der Waals surface area contributed by atoms with Crippen molar-refractivity contribution in [2.45, 2.75) is 39.8 Å². The molecular formula is C29H29NO5. The number of benzene rings is 3. The molecular weight excluding hydrogens is 442 g/mol. The number of hydrogen-bond acceptors (Lipinski definition) is 5. The summed E-state index contributed by atoms with van der Waals surface area (Å²) in [7, 11) is 1.56. The van der Waals surface area contributed by atoms with E-state index in [9.17, 15) is 14.7 Å². The van der Waals surface area contributed by atoms with Crippen LogP contribution >= 0.6 is 0 Å². The maximum absolute atomic E-state index is 13.4. The van der Waals surface area contributed by atoms with E-state index in [0.717, 1.165) is 11.1 Å². The third-order valence-electron chi connectivity index (χ3n) is 6.12. The molecule has 6 heteroatoms. The van der Waals surface area contributed by atoms with Crippen LogP contribution in [-0.4, -0.2) is 30.0 Å². The molecule has 1 atom stereocenters. The lowest BCUT2D eigenvalue weighted by molar-refractivity contribution is -0.132. The molecule has 0 spiro atoms. The summed E-state index contributed by atoms with van der Waals surface area (Å²) in [5, 5.41) is 11.3. The highest BCUT2D eigenvalue weighted by Crippen LogP contribution is 2.43. The van der Waals surface area contributed by atoms with Crippen LogP contribution in [0.3, 0.4) is 0 Å². The van der Waals surface area contributed by atoms with Gasteiger partial charge in [-0.05, 0) is 86.8 Å². The molecule has 0 aliphatic carbocycles. The Bertz CT molecular complexity index is 1310. The van der Waals surface area contributed by atoms with E-state index in [1.54, 1.807) is 43.5 Å². The van der Waals surface area contributed by atoms with E-state index in [0.29, 0.717) is 28.3 Å². The third kappa shape index (κ3) is 4.64. The van der Waals surface area contributed by atoms with Crippen LogP contribution in [0.2, 0.25) is 0 Å². The Morgan fingerprint density at radius 2 is 1.63 bits per heavy atom. The second-order valence-electron chi connectivity index (χ2n) is 8.91. The van der Waals surface area contributed by atoms with Crippen LogP contribution in [-0.2, 0) is 9.59 Å². The van der Waals surface area contributed by atoms with E-state index in [-0.39, 0.29) is 17.4 Å². The Hall–Kier alpha value is -4.06. The third-order valence-corrected chi connectivity index (χ3v) is 6.12. The summed E-state index contributed by atoms with van der Waals surface area (Å²) in [5.74, 6) is -0.409. The molecule has 1 fully saturated rings. The molecule has 180 valence electrons. The number of amides is 1. The van der Waals surface area contributed by atoms with Crippen molar-refractivity contribution in [3.05, 3.63) is 94.6 Å². The second kappa shape index (κ2) is 9.66. The summed E-state index contributed by atoms with van der Waals surface area (Å²) in [5.41, 5.74) is 3.74. The Morgan fingerprint density at radius 3 is 2.26 bits per heavy atom. The molecule has 1 N–H and O–H groups in total. The minimum Gasteiger partial charge on any atom is -0.507 e. The molecule has 0 aromatic heterocycles. The van der Waals surface area contributed by atoms with Crippen molar-refractivity contribution in [1.82, 2.24) is 0 Å². The lowest BCUT2D eigenvalue weighted by Gasteiger charge is -2.26. The highest BCUT2D eigenvalue weighted by atomic mass is 16.5. The van der Waals surface area contributed by atoms with E-state index in [1.807, 2.05) is 58.0 Å². The van der Waals surface area contributed by atoms with Gasteiger partial charge >= 0.3 is 0 Å². The second-order valence-corrected chi connectivity index (χ2v) is 8.91. The van der Waals surface area contributed by atoms with Gasteiger partial charge in [0, 0.05) is 11.3 Å². The van der Waals surface area contributed by atoms with Crippen molar-refractivity contribution in [2.75, 3.05) is 12.0 Å². The number of anilines is 1. The van der Waals surface area contributed by atoms with E-state index < -0.39 is 17.7 Å². The molecule has 0 saturated carbocycles. The van der Waals surface area contributed by atoms with Crippen LogP contribution in [0.4, 0.5) is 5.69 Å². The van der Waals surface area contributed by atoms with Gasteiger partial charge < -0.3 is 14.6 Å². The first-order chi connectivity index (χ1) is 16.7. The Balaban J connectivity index is 1.92. The lowest BCUT2D eigenvalue weighted by atomic mass is 9.94. The molecule has 1 saturated heterocycles. The quantitative estimate of drug-likeness (QED) is 0.282. The van der Waals surface area contributed by atoms with Crippen molar-refractivity contribution in [1.29, 1.82) is 0 Å². The average molecular weight is 472 g/mol. The standard InChI is InChI=1S/C29H29NO5/c1-17(2)35-24-8-6-7-20(16-24)26-25(27(31)21-10-9-18(3)19(4)15-21)28(32)29(33)30(26)22-11-13-23(34-5)14-12-22/h6-17,26,31H,1-5H3/b27-25-. The maximum Gasteiger partial charge on any atom is 0.300 e. The van der Waals surface area contributed by atoms with Crippen molar-refractivity contribution in [3.8, 4) is 11.5 Å². The maximum atomic E-state index is 13.4. The molecule has 0 bridgehead atoms. The molecule has 0 radical (unpaired) electrons. The number of ether oxygens (including phenoxy) is 2. The Labute approximate surface area is 205 Å². The lowest BCUT2D eigenvalue weighted by Crippen LogP contribution is -2.29. The minimum absolute atomic E-state index is 0.0377. The smallest absolute Gasteiger partial charge is 0.300 e. The summed E-state index contributed by atoms with van der Waals surface area (Å²) in [6, 6.07) is 18.8. The van der Waals surface area contributed by atoms with Crippen LogP contribution in [0.5, 0.6) is 11.5 Å². The fourth-order valence-corrected chi connectivity index (χ4v) is 4.23. The van der Waals surface area contributed by atoms with Gasteiger partial charge in [0.15, 0.2) is 0 Å². The number of carbonyl (C=O) groups is 2. The first-order valence-corrected chi connectivity index (χ1v) is 11.5. The van der Waals surface area contributed by atoms with Crippen molar-refractivity contribution in [3.63, 3.8) is 0 Å². The number of aliphatic hydroxyl groups is 1. The number of nitrogens with zero attached hydrogens (tertiary/aromatic N) is 1. The highest BCUT2D eigenvalue weighted by Gasteiger charge is 2.47. The molecule has 1 heterocycles. The summed E-state index contributed by atoms with van der Waals surface area (Å²) in [4.78, 5) is 28.1.